The van der Waals surface area contributed by atoms with Gasteiger partial charge in [0, 0.05) is 20.2 Å². The highest BCUT2D eigenvalue weighted by molar-refractivity contribution is 5.97. The molecule has 0 amide bonds. The van der Waals surface area contributed by atoms with Crippen LogP contribution in [0.5, 0.6) is 0 Å². The van der Waals surface area contributed by atoms with Crippen LogP contribution in [0.2, 0.25) is 0 Å². The molecule has 3 N–H and O–H groups in total. The Bertz CT molecular complexity index is 434. The van der Waals surface area contributed by atoms with E-state index >= 15 is 0 Å². The zero-order chi connectivity index (χ0) is 12.4. The van der Waals surface area contributed by atoms with Gasteiger partial charge in [-0.2, -0.15) is 0 Å². The summed E-state index contributed by atoms with van der Waals surface area (Å²) in [4.78, 5) is 13.1. The van der Waals surface area contributed by atoms with Gasteiger partial charge in [-0.25, -0.2) is 4.79 Å². The molecule has 1 unspecified atom stereocenters. The van der Waals surface area contributed by atoms with Gasteiger partial charge < -0.3 is 20.5 Å². The zero-order valence-electron chi connectivity index (χ0n) is 9.72. The van der Waals surface area contributed by atoms with E-state index in [1.807, 2.05) is 6.07 Å². The third-order valence-corrected chi connectivity index (χ3v) is 3.13. The van der Waals surface area contributed by atoms with E-state index in [9.17, 15) is 4.79 Å². The summed E-state index contributed by atoms with van der Waals surface area (Å²) < 4.78 is 5.28. The number of nitrogens with zero attached hydrogens (tertiary/aromatic N) is 1. The van der Waals surface area contributed by atoms with E-state index in [0.29, 0.717) is 5.69 Å². The van der Waals surface area contributed by atoms with Crippen molar-refractivity contribution in [3.8, 4) is 0 Å². The maximum absolute atomic E-state index is 11.0. The Kier molecular flexibility index (Phi) is 3.19. The molecule has 1 heterocycles. The number of aromatic carboxylic acids is 1. The monoisotopic (exact) mass is 236 g/mol. The highest BCUT2D eigenvalue weighted by Gasteiger charge is 2.24. The van der Waals surface area contributed by atoms with Crippen molar-refractivity contribution in [1.82, 2.24) is 0 Å². The molecule has 1 aromatic carbocycles. The predicted octanol–water partition coefficient (Wildman–Crippen LogP) is 1.19. The van der Waals surface area contributed by atoms with Crippen LogP contribution in [0.15, 0.2) is 18.2 Å². The van der Waals surface area contributed by atoms with E-state index in [1.54, 1.807) is 13.2 Å². The summed E-state index contributed by atoms with van der Waals surface area (Å²) in [5.74, 6) is -0.994. The molecule has 0 radical (unpaired) electrons. The summed E-state index contributed by atoms with van der Waals surface area (Å²) in [6.45, 7) is 1.59. The topological polar surface area (TPSA) is 75.8 Å². The fraction of sp³-hybridized carbons (Fsp3) is 0.417. The van der Waals surface area contributed by atoms with Crippen LogP contribution < -0.4 is 10.6 Å². The van der Waals surface area contributed by atoms with Crippen molar-refractivity contribution in [3.63, 3.8) is 0 Å². The summed E-state index contributed by atoms with van der Waals surface area (Å²) in [5.41, 5.74) is 7.16. The van der Waals surface area contributed by atoms with Crippen molar-refractivity contribution in [1.29, 1.82) is 0 Å². The third-order valence-electron chi connectivity index (χ3n) is 3.13. The lowest BCUT2D eigenvalue weighted by molar-refractivity contribution is 0.0698. The molecule has 0 saturated carbocycles. The second-order valence-electron chi connectivity index (χ2n) is 4.14. The number of rotatable bonds is 3. The third kappa shape index (κ3) is 2.19. The summed E-state index contributed by atoms with van der Waals surface area (Å²) in [7, 11) is 1.69. The molecule has 17 heavy (non-hydrogen) atoms. The molecule has 1 aliphatic heterocycles. The van der Waals surface area contributed by atoms with E-state index in [0.717, 1.165) is 25.2 Å². The van der Waals surface area contributed by atoms with Gasteiger partial charge in [-0.1, -0.05) is 6.07 Å². The Morgan fingerprint density at radius 3 is 2.94 bits per heavy atom. The minimum Gasteiger partial charge on any atom is -0.478 e. The second-order valence-corrected chi connectivity index (χ2v) is 4.14. The molecule has 2 rings (SSSR count). The molecule has 1 aliphatic rings. The Morgan fingerprint density at radius 1 is 1.59 bits per heavy atom. The van der Waals surface area contributed by atoms with Crippen molar-refractivity contribution in [3.05, 3.63) is 23.8 Å². The van der Waals surface area contributed by atoms with E-state index in [-0.39, 0.29) is 11.7 Å². The van der Waals surface area contributed by atoms with Crippen molar-refractivity contribution in [2.24, 2.45) is 0 Å². The van der Waals surface area contributed by atoms with Crippen LogP contribution in [-0.4, -0.2) is 37.4 Å². The van der Waals surface area contributed by atoms with Crippen LogP contribution in [0.1, 0.15) is 16.8 Å². The number of anilines is 2. The standard InChI is InChI=1S/C12H16N2O3/c1-17-8-5-6-14(7-8)10-4-2-3-9(11(10)13)12(15)16/h2-4,8H,5-7,13H2,1H3,(H,15,16). The first kappa shape index (κ1) is 11.7. The van der Waals surface area contributed by atoms with Crippen LogP contribution in [-0.2, 0) is 4.74 Å². The molecular formula is C12H16N2O3. The SMILES string of the molecule is COC1CCN(c2cccc(C(=O)O)c2N)C1. The number of nitrogens with two attached hydrogens (primary N) is 1. The fourth-order valence-corrected chi connectivity index (χ4v) is 2.15. The number of hydrogen-bond donors (Lipinski definition) is 2. The predicted molar refractivity (Wildman–Crippen MR) is 65.4 cm³/mol. The molecule has 0 spiro atoms. The molecular weight excluding hydrogens is 220 g/mol. The fourth-order valence-electron chi connectivity index (χ4n) is 2.15. The first-order chi connectivity index (χ1) is 8.13. The van der Waals surface area contributed by atoms with Gasteiger partial charge in [0.25, 0.3) is 0 Å². The molecule has 1 atom stereocenters. The molecule has 5 nitrogen and oxygen atoms in total. The number of nitrogen functional groups attached to an aromatic ring is 1. The van der Waals surface area contributed by atoms with E-state index < -0.39 is 5.97 Å². The van der Waals surface area contributed by atoms with Crippen LogP contribution in [0.25, 0.3) is 0 Å². The number of carboxylic acid groups (broad SMARTS) is 1. The average molecular weight is 236 g/mol. The van der Waals surface area contributed by atoms with Gasteiger partial charge in [-0.15, -0.1) is 0 Å². The number of carbonyl (C=O) groups is 1. The van der Waals surface area contributed by atoms with Gasteiger partial charge in [-0.3, -0.25) is 0 Å². The summed E-state index contributed by atoms with van der Waals surface area (Å²) in [5, 5.41) is 9.01. The van der Waals surface area contributed by atoms with Crippen molar-refractivity contribution < 1.29 is 14.6 Å². The Hall–Kier alpha value is -1.75. The van der Waals surface area contributed by atoms with Gasteiger partial charge in [-0.05, 0) is 18.6 Å². The number of benzene rings is 1. The largest absolute Gasteiger partial charge is 0.478 e. The number of methoxy groups -OCH3 is 1. The van der Waals surface area contributed by atoms with Gasteiger partial charge >= 0.3 is 5.97 Å². The first-order valence-corrected chi connectivity index (χ1v) is 5.53. The average Bonchev–Trinajstić information content (AvgIpc) is 2.77. The first-order valence-electron chi connectivity index (χ1n) is 5.53. The normalized spacial score (nSPS) is 19.6. The molecule has 0 aromatic heterocycles. The number of ether oxygens (including phenoxy) is 1. The molecule has 0 aliphatic carbocycles. The molecule has 1 aromatic rings. The summed E-state index contributed by atoms with van der Waals surface area (Å²) in [6.07, 6.45) is 1.13. The Morgan fingerprint density at radius 2 is 2.35 bits per heavy atom. The minimum atomic E-state index is -0.994. The highest BCUT2D eigenvalue weighted by Crippen LogP contribution is 2.29. The Labute approximate surface area is 99.8 Å². The number of para-hydroxylation sites is 1. The van der Waals surface area contributed by atoms with Gasteiger partial charge in [0.15, 0.2) is 0 Å². The van der Waals surface area contributed by atoms with Crippen LogP contribution in [0, 0.1) is 0 Å². The lowest BCUT2D eigenvalue weighted by Gasteiger charge is -2.21. The Balaban J connectivity index is 2.28. The van der Waals surface area contributed by atoms with Gasteiger partial charge in [0.2, 0.25) is 0 Å². The minimum absolute atomic E-state index is 0.156. The summed E-state index contributed by atoms with van der Waals surface area (Å²) in [6, 6.07) is 5.08. The highest BCUT2D eigenvalue weighted by atomic mass is 16.5. The van der Waals surface area contributed by atoms with Gasteiger partial charge in [0.05, 0.1) is 23.0 Å². The van der Waals surface area contributed by atoms with Crippen LogP contribution in [0.3, 0.4) is 0 Å². The lowest BCUT2D eigenvalue weighted by Crippen LogP contribution is -2.23. The molecule has 1 fully saturated rings. The number of carboxylic acids is 1. The van der Waals surface area contributed by atoms with E-state index in [1.165, 1.54) is 6.07 Å². The van der Waals surface area contributed by atoms with Gasteiger partial charge in [0.1, 0.15) is 0 Å². The number of hydrogen-bond acceptors (Lipinski definition) is 4. The maximum Gasteiger partial charge on any atom is 0.337 e. The lowest BCUT2D eigenvalue weighted by atomic mass is 10.1. The molecule has 0 bridgehead atoms. The van der Waals surface area contributed by atoms with E-state index in [2.05, 4.69) is 4.90 Å². The zero-order valence-corrected chi connectivity index (χ0v) is 9.72. The van der Waals surface area contributed by atoms with Crippen LogP contribution in [0.4, 0.5) is 11.4 Å². The molecule has 1 saturated heterocycles. The maximum atomic E-state index is 11.0. The van der Waals surface area contributed by atoms with Crippen LogP contribution >= 0.6 is 0 Å². The van der Waals surface area contributed by atoms with Crippen molar-refractivity contribution >= 4 is 17.3 Å². The van der Waals surface area contributed by atoms with Crippen molar-refractivity contribution in [2.45, 2.75) is 12.5 Å². The van der Waals surface area contributed by atoms with E-state index in [4.69, 9.17) is 15.6 Å². The smallest absolute Gasteiger partial charge is 0.337 e. The second kappa shape index (κ2) is 4.63. The molecule has 5 heteroatoms. The van der Waals surface area contributed by atoms with Crippen molar-refractivity contribution in [2.75, 3.05) is 30.8 Å². The summed E-state index contributed by atoms with van der Waals surface area (Å²) >= 11 is 0. The quantitative estimate of drug-likeness (QED) is 0.771. The molecule has 92 valence electrons.